The van der Waals surface area contributed by atoms with E-state index in [1.165, 1.54) is 18.2 Å². The highest BCUT2D eigenvalue weighted by Gasteiger charge is 2.17. The van der Waals surface area contributed by atoms with E-state index in [2.05, 4.69) is 43.3 Å². The molecule has 12 heteroatoms. The van der Waals surface area contributed by atoms with Crippen molar-refractivity contribution < 1.29 is 22.8 Å². The van der Waals surface area contributed by atoms with Crippen LogP contribution in [0.1, 0.15) is 16.2 Å². The van der Waals surface area contributed by atoms with Crippen LogP contribution >= 0.6 is 27.7 Å². The van der Waals surface area contributed by atoms with Gasteiger partial charge >= 0.3 is 0 Å². The smallest absolute Gasteiger partial charge is 0.254 e. The van der Waals surface area contributed by atoms with Crippen LogP contribution in [0.4, 0.5) is 18.9 Å². The Morgan fingerprint density at radius 2 is 1.91 bits per heavy atom. The number of anilines is 1. The van der Waals surface area contributed by atoms with Crippen molar-refractivity contribution in [2.75, 3.05) is 11.1 Å². The van der Waals surface area contributed by atoms with Crippen molar-refractivity contribution in [1.29, 1.82) is 0 Å². The molecule has 0 saturated carbocycles. The fraction of sp³-hybridized carbons (Fsp3) is 0.143. The highest BCUT2D eigenvalue weighted by molar-refractivity contribution is 9.10. The number of benzene rings is 2. The highest BCUT2D eigenvalue weighted by atomic mass is 79.9. The van der Waals surface area contributed by atoms with E-state index >= 15 is 0 Å². The van der Waals surface area contributed by atoms with E-state index in [1.807, 2.05) is 0 Å². The van der Waals surface area contributed by atoms with Crippen LogP contribution in [0.25, 0.3) is 0 Å². The third-order valence-electron chi connectivity index (χ3n) is 4.23. The molecule has 3 rings (SSSR count). The lowest BCUT2D eigenvalue weighted by molar-refractivity contribution is -0.113. The van der Waals surface area contributed by atoms with E-state index in [9.17, 15) is 22.8 Å². The number of thioether (sulfide) groups is 1. The Morgan fingerprint density at radius 3 is 2.61 bits per heavy atom. The van der Waals surface area contributed by atoms with Crippen LogP contribution in [-0.4, -0.2) is 32.3 Å². The number of carbonyl (C=O) groups is 2. The summed E-state index contributed by atoms with van der Waals surface area (Å²) in [5.74, 6) is -3.26. The molecule has 0 aliphatic carbocycles. The number of carbonyl (C=O) groups excluding carboxylic acids is 2. The van der Waals surface area contributed by atoms with Crippen molar-refractivity contribution >= 4 is 45.2 Å². The van der Waals surface area contributed by atoms with Gasteiger partial charge in [-0.15, -0.1) is 16.8 Å². The van der Waals surface area contributed by atoms with Crippen LogP contribution in [0.3, 0.4) is 0 Å². The van der Waals surface area contributed by atoms with Gasteiger partial charge in [0.1, 0.15) is 11.6 Å². The lowest BCUT2D eigenvalue weighted by atomic mass is 10.2. The van der Waals surface area contributed by atoms with E-state index in [0.717, 1.165) is 17.8 Å². The number of nitrogens with one attached hydrogen (secondary N) is 2. The van der Waals surface area contributed by atoms with Gasteiger partial charge in [0.05, 0.1) is 23.5 Å². The maximum atomic E-state index is 13.9. The Balaban J connectivity index is 1.64. The predicted octanol–water partition coefficient (Wildman–Crippen LogP) is 4.30. The molecule has 0 aliphatic heterocycles. The Morgan fingerprint density at radius 1 is 1.15 bits per heavy atom. The Kier molecular flexibility index (Phi) is 8.28. The van der Waals surface area contributed by atoms with Crippen molar-refractivity contribution in [2.24, 2.45) is 0 Å². The summed E-state index contributed by atoms with van der Waals surface area (Å²) >= 11 is 4.04. The minimum Gasteiger partial charge on any atom is -0.345 e. The number of allylic oxidation sites excluding steroid dienone is 1. The first-order valence-electron chi connectivity index (χ1n) is 9.43. The second kappa shape index (κ2) is 11.1. The molecule has 0 fully saturated rings. The normalized spacial score (nSPS) is 10.7. The SMILES string of the molecule is C=CCn1c(CNC(=O)c2ccccc2F)nnc1SCC(=O)Nc1c(F)cc(F)cc1Br. The van der Waals surface area contributed by atoms with Crippen LogP contribution in [0.5, 0.6) is 0 Å². The minimum absolute atomic E-state index is 0.0332. The van der Waals surface area contributed by atoms with Gasteiger partial charge in [0.25, 0.3) is 5.91 Å². The molecule has 172 valence electrons. The lowest BCUT2D eigenvalue weighted by Crippen LogP contribution is -2.25. The number of nitrogens with zero attached hydrogens (tertiary/aromatic N) is 3. The average molecular weight is 540 g/mol. The van der Waals surface area contributed by atoms with Gasteiger partial charge in [-0.2, -0.15) is 0 Å². The largest absolute Gasteiger partial charge is 0.345 e. The van der Waals surface area contributed by atoms with Gasteiger partial charge in [-0.05, 0) is 34.1 Å². The molecule has 3 aromatic rings. The molecule has 0 spiro atoms. The molecule has 1 aromatic heterocycles. The van der Waals surface area contributed by atoms with Crippen molar-refractivity contribution in [3.63, 3.8) is 0 Å². The summed E-state index contributed by atoms with van der Waals surface area (Å²) in [6.45, 7) is 3.93. The Hall–Kier alpha value is -3.12. The van der Waals surface area contributed by atoms with Crippen LogP contribution in [0.2, 0.25) is 0 Å². The maximum Gasteiger partial charge on any atom is 0.254 e. The van der Waals surface area contributed by atoms with E-state index in [-0.39, 0.29) is 28.0 Å². The zero-order valence-corrected chi connectivity index (χ0v) is 19.4. The molecular weight excluding hydrogens is 523 g/mol. The maximum absolute atomic E-state index is 13.9. The molecule has 7 nitrogen and oxygen atoms in total. The second-order valence-electron chi connectivity index (χ2n) is 6.54. The molecule has 0 atom stereocenters. The van der Waals surface area contributed by atoms with Crippen molar-refractivity contribution in [1.82, 2.24) is 20.1 Å². The van der Waals surface area contributed by atoms with E-state index in [4.69, 9.17) is 0 Å². The van der Waals surface area contributed by atoms with Gasteiger partial charge in [0.2, 0.25) is 5.91 Å². The fourth-order valence-electron chi connectivity index (χ4n) is 2.74. The molecule has 0 bridgehead atoms. The second-order valence-corrected chi connectivity index (χ2v) is 8.34. The predicted molar refractivity (Wildman–Crippen MR) is 121 cm³/mol. The Bertz CT molecular complexity index is 1180. The van der Waals surface area contributed by atoms with Crippen LogP contribution in [0, 0.1) is 17.5 Å². The third-order valence-corrected chi connectivity index (χ3v) is 5.83. The third kappa shape index (κ3) is 6.23. The van der Waals surface area contributed by atoms with Crippen molar-refractivity contribution in [2.45, 2.75) is 18.2 Å². The number of halogens is 4. The monoisotopic (exact) mass is 539 g/mol. The summed E-state index contributed by atoms with van der Waals surface area (Å²) in [5.41, 5.74) is -0.274. The number of amides is 2. The summed E-state index contributed by atoms with van der Waals surface area (Å²) < 4.78 is 42.6. The van der Waals surface area contributed by atoms with Gasteiger partial charge in [-0.25, -0.2) is 13.2 Å². The van der Waals surface area contributed by atoms with Crippen LogP contribution < -0.4 is 10.6 Å². The average Bonchev–Trinajstić information content (AvgIpc) is 3.15. The molecule has 0 radical (unpaired) electrons. The molecule has 0 unspecified atom stereocenters. The fourth-order valence-corrected chi connectivity index (χ4v) is 4.01. The van der Waals surface area contributed by atoms with Crippen LogP contribution in [-0.2, 0) is 17.9 Å². The number of hydrogen-bond donors (Lipinski definition) is 2. The van der Waals surface area contributed by atoms with Gasteiger partial charge in [0, 0.05) is 17.1 Å². The summed E-state index contributed by atoms with van der Waals surface area (Å²) in [6.07, 6.45) is 1.58. The molecule has 0 aliphatic rings. The summed E-state index contributed by atoms with van der Waals surface area (Å²) in [6, 6.07) is 7.28. The first kappa shape index (κ1) is 24.5. The van der Waals surface area contributed by atoms with Crippen molar-refractivity contribution in [3.8, 4) is 0 Å². The van der Waals surface area contributed by atoms with Crippen molar-refractivity contribution in [3.05, 3.63) is 82.4 Å². The molecule has 1 heterocycles. The highest BCUT2D eigenvalue weighted by Crippen LogP contribution is 2.27. The van der Waals surface area contributed by atoms with Gasteiger partial charge in [-0.3, -0.25) is 9.59 Å². The van der Waals surface area contributed by atoms with Crippen LogP contribution in [0.15, 0.2) is 58.7 Å². The standard InChI is InChI=1S/C21H17BrF3N5O2S/c1-2-7-30-17(10-26-20(32)13-5-3-4-6-15(13)24)28-29-21(30)33-11-18(31)27-19-14(22)8-12(23)9-16(19)25/h2-6,8-9H,1,7,10-11H2,(H,26,32)(H,27,31). The van der Waals surface area contributed by atoms with Gasteiger partial charge in [0.15, 0.2) is 16.8 Å². The number of aromatic nitrogens is 3. The molecule has 0 saturated heterocycles. The zero-order chi connectivity index (χ0) is 24.0. The first-order valence-corrected chi connectivity index (χ1v) is 11.2. The van der Waals surface area contributed by atoms with E-state index < -0.39 is 29.3 Å². The topological polar surface area (TPSA) is 88.9 Å². The lowest BCUT2D eigenvalue weighted by Gasteiger charge is -2.10. The quantitative estimate of drug-likeness (QED) is 0.312. The number of hydrogen-bond acceptors (Lipinski definition) is 5. The van der Waals surface area contributed by atoms with E-state index in [1.54, 1.807) is 16.7 Å². The first-order chi connectivity index (χ1) is 15.8. The molecule has 2 N–H and O–H groups in total. The van der Waals surface area contributed by atoms with Gasteiger partial charge < -0.3 is 15.2 Å². The minimum atomic E-state index is -0.914. The molecule has 33 heavy (non-hydrogen) atoms. The zero-order valence-electron chi connectivity index (χ0n) is 16.9. The Labute approximate surface area is 199 Å². The summed E-state index contributed by atoms with van der Waals surface area (Å²) in [4.78, 5) is 24.5. The number of rotatable bonds is 9. The molecular formula is C21H17BrF3N5O2S. The van der Waals surface area contributed by atoms with Gasteiger partial charge in [-0.1, -0.05) is 30.0 Å². The molecule has 2 amide bonds. The molecule has 2 aromatic carbocycles. The summed E-state index contributed by atoms with van der Waals surface area (Å²) in [7, 11) is 0. The summed E-state index contributed by atoms with van der Waals surface area (Å²) in [5, 5.41) is 13.4. The van der Waals surface area contributed by atoms with E-state index in [0.29, 0.717) is 23.6 Å².